The maximum absolute atomic E-state index is 12.2. The molecule has 1 aromatic carbocycles. The molecule has 132 valence electrons. The maximum Gasteiger partial charge on any atom is 0.221 e. The topological polar surface area (TPSA) is 49.4 Å². The fourth-order valence-corrected chi connectivity index (χ4v) is 3.24. The molecule has 2 rings (SSSR count). The van der Waals surface area contributed by atoms with Crippen LogP contribution in [-0.2, 0) is 16.1 Å². The van der Waals surface area contributed by atoms with Crippen molar-refractivity contribution in [2.24, 2.45) is 0 Å². The summed E-state index contributed by atoms with van der Waals surface area (Å²) < 4.78 is 0. The third kappa shape index (κ3) is 6.52. The molecule has 4 nitrogen and oxygen atoms in total. The first-order chi connectivity index (χ1) is 11.5. The van der Waals surface area contributed by atoms with Crippen LogP contribution < -0.4 is 5.32 Å². The van der Waals surface area contributed by atoms with E-state index in [1.165, 1.54) is 25.7 Å². The van der Waals surface area contributed by atoms with Gasteiger partial charge in [-0.05, 0) is 30.5 Å². The predicted octanol–water partition coefficient (Wildman–Crippen LogP) is 3.92. The van der Waals surface area contributed by atoms with Gasteiger partial charge in [0, 0.05) is 37.5 Å². The summed E-state index contributed by atoms with van der Waals surface area (Å²) in [6.07, 6.45) is 7.43. The first-order valence-electron chi connectivity index (χ1n) is 8.84. The minimum atomic E-state index is -0.0211. The second-order valence-electron chi connectivity index (χ2n) is 6.57. The van der Waals surface area contributed by atoms with E-state index in [4.69, 9.17) is 11.6 Å². The number of nitrogens with one attached hydrogen (secondary N) is 1. The molecule has 24 heavy (non-hydrogen) atoms. The van der Waals surface area contributed by atoms with Crippen LogP contribution in [0.4, 0.5) is 0 Å². The van der Waals surface area contributed by atoms with Gasteiger partial charge >= 0.3 is 0 Å². The Labute approximate surface area is 149 Å². The lowest BCUT2D eigenvalue weighted by molar-refractivity contribution is -0.130. The molecule has 0 bridgehead atoms. The molecule has 1 aromatic rings. The third-order valence-corrected chi connectivity index (χ3v) is 4.81. The number of carbonyl (C=O) groups is 2. The Morgan fingerprint density at radius 2 is 1.75 bits per heavy atom. The van der Waals surface area contributed by atoms with Crippen LogP contribution in [0.2, 0.25) is 5.02 Å². The van der Waals surface area contributed by atoms with Crippen LogP contribution in [0.1, 0.15) is 57.4 Å². The molecule has 1 aliphatic carbocycles. The van der Waals surface area contributed by atoms with Gasteiger partial charge in [0.2, 0.25) is 11.8 Å². The third-order valence-electron chi connectivity index (χ3n) is 4.56. The number of carbonyl (C=O) groups excluding carboxylic acids is 2. The van der Waals surface area contributed by atoms with Crippen molar-refractivity contribution in [3.63, 3.8) is 0 Å². The lowest BCUT2D eigenvalue weighted by Gasteiger charge is -2.22. The summed E-state index contributed by atoms with van der Waals surface area (Å²) in [5.74, 6) is 0.0245. The number of halogens is 1. The molecule has 1 aliphatic rings. The zero-order valence-electron chi connectivity index (χ0n) is 14.4. The van der Waals surface area contributed by atoms with Gasteiger partial charge in [0.25, 0.3) is 0 Å². The highest BCUT2D eigenvalue weighted by Gasteiger charge is 2.16. The van der Waals surface area contributed by atoms with E-state index in [0.717, 1.165) is 18.4 Å². The molecule has 0 heterocycles. The smallest absolute Gasteiger partial charge is 0.221 e. The van der Waals surface area contributed by atoms with Crippen LogP contribution in [0.25, 0.3) is 0 Å². The van der Waals surface area contributed by atoms with E-state index in [1.54, 1.807) is 11.8 Å². The van der Waals surface area contributed by atoms with Gasteiger partial charge in [-0.1, -0.05) is 49.4 Å². The van der Waals surface area contributed by atoms with Gasteiger partial charge in [-0.2, -0.15) is 0 Å². The van der Waals surface area contributed by atoms with E-state index >= 15 is 0 Å². The molecular formula is C19H27ClN2O2. The molecule has 0 aliphatic heterocycles. The number of hydrogen-bond acceptors (Lipinski definition) is 2. The summed E-state index contributed by atoms with van der Waals surface area (Å²) in [6.45, 7) is 2.48. The monoisotopic (exact) mass is 350 g/mol. The van der Waals surface area contributed by atoms with Crippen molar-refractivity contribution in [2.75, 3.05) is 6.54 Å². The first kappa shape index (κ1) is 18.8. The quantitative estimate of drug-likeness (QED) is 0.790. The van der Waals surface area contributed by atoms with Crippen LogP contribution in [0.3, 0.4) is 0 Å². The maximum atomic E-state index is 12.2. The second kappa shape index (κ2) is 9.67. The molecule has 0 atom stereocenters. The van der Waals surface area contributed by atoms with Gasteiger partial charge in [0.05, 0.1) is 0 Å². The van der Waals surface area contributed by atoms with Crippen molar-refractivity contribution >= 4 is 23.4 Å². The van der Waals surface area contributed by atoms with Crippen LogP contribution in [0.15, 0.2) is 24.3 Å². The number of amides is 2. The highest BCUT2D eigenvalue weighted by Crippen LogP contribution is 2.17. The van der Waals surface area contributed by atoms with Gasteiger partial charge in [-0.25, -0.2) is 0 Å². The van der Waals surface area contributed by atoms with E-state index in [1.807, 2.05) is 24.3 Å². The molecule has 0 aromatic heterocycles. The number of hydrogen-bond donors (Lipinski definition) is 1. The Kier molecular flexibility index (Phi) is 7.57. The Bertz CT molecular complexity index is 537. The molecule has 2 amide bonds. The average Bonchev–Trinajstić information content (AvgIpc) is 2.81. The summed E-state index contributed by atoms with van der Waals surface area (Å²) in [5, 5.41) is 3.81. The van der Waals surface area contributed by atoms with Gasteiger partial charge in [0.15, 0.2) is 0 Å². The van der Waals surface area contributed by atoms with Crippen LogP contribution >= 0.6 is 11.6 Å². The zero-order chi connectivity index (χ0) is 17.4. The molecule has 0 unspecified atom stereocenters. The van der Waals surface area contributed by atoms with Gasteiger partial charge in [-0.15, -0.1) is 0 Å². The van der Waals surface area contributed by atoms with Gasteiger partial charge < -0.3 is 10.2 Å². The van der Waals surface area contributed by atoms with Crippen molar-refractivity contribution in [3.05, 3.63) is 34.9 Å². The van der Waals surface area contributed by atoms with Crippen LogP contribution in [0, 0.1) is 0 Å². The minimum absolute atomic E-state index is 0.0211. The summed E-state index contributed by atoms with van der Waals surface area (Å²) >= 11 is 5.88. The Morgan fingerprint density at radius 3 is 2.33 bits per heavy atom. The standard InChI is InChI=1S/C19H27ClN2O2/c1-15(23)22(14-16-8-10-17(20)11-9-16)13-12-19(24)21-18-6-4-2-3-5-7-18/h8-11,18H,2-7,12-14H2,1H3,(H,21,24). The number of nitrogens with zero attached hydrogens (tertiary/aromatic N) is 1. The van der Waals surface area contributed by atoms with Gasteiger partial charge in [0.1, 0.15) is 0 Å². The van der Waals surface area contributed by atoms with Crippen LogP contribution in [-0.4, -0.2) is 29.3 Å². The molecule has 1 saturated carbocycles. The zero-order valence-corrected chi connectivity index (χ0v) is 15.1. The first-order valence-corrected chi connectivity index (χ1v) is 9.21. The molecule has 1 N–H and O–H groups in total. The fraction of sp³-hybridized carbons (Fsp3) is 0.579. The van der Waals surface area contributed by atoms with Crippen LogP contribution in [0.5, 0.6) is 0 Å². The Hall–Kier alpha value is -1.55. The van der Waals surface area contributed by atoms with E-state index in [2.05, 4.69) is 5.32 Å². The van der Waals surface area contributed by atoms with E-state index in [0.29, 0.717) is 30.6 Å². The highest BCUT2D eigenvalue weighted by atomic mass is 35.5. The summed E-state index contributed by atoms with van der Waals surface area (Å²) in [7, 11) is 0. The van der Waals surface area contributed by atoms with E-state index < -0.39 is 0 Å². The van der Waals surface area contributed by atoms with E-state index in [-0.39, 0.29) is 11.8 Å². The largest absolute Gasteiger partial charge is 0.353 e. The summed E-state index contributed by atoms with van der Waals surface area (Å²) in [4.78, 5) is 25.7. The number of benzene rings is 1. The normalized spacial score (nSPS) is 15.6. The molecule has 0 radical (unpaired) electrons. The summed E-state index contributed by atoms with van der Waals surface area (Å²) in [5.41, 5.74) is 1.01. The van der Waals surface area contributed by atoms with Crippen molar-refractivity contribution in [1.82, 2.24) is 10.2 Å². The molecule has 1 fully saturated rings. The molecule has 5 heteroatoms. The van der Waals surface area contributed by atoms with Gasteiger partial charge in [-0.3, -0.25) is 9.59 Å². The second-order valence-corrected chi connectivity index (χ2v) is 7.01. The summed E-state index contributed by atoms with van der Waals surface area (Å²) in [6, 6.07) is 7.75. The molecular weight excluding hydrogens is 324 g/mol. The minimum Gasteiger partial charge on any atom is -0.353 e. The van der Waals surface area contributed by atoms with Crippen molar-refractivity contribution in [3.8, 4) is 0 Å². The van der Waals surface area contributed by atoms with E-state index in [9.17, 15) is 9.59 Å². The SMILES string of the molecule is CC(=O)N(CCC(=O)NC1CCCCCC1)Cc1ccc(Cl)cc1. The Morgan fingerprint density at radius 1 is 1.12 bits per heavy atom. The predicted molar refractivity (Wildman–Crippen MR) is 96.8 cm³/mol. The van der Waals surface area contributed by atoms with Crippen molar-refractivity contribution in [1.29, 1.82) is 0 Å². The fourth-order valence-electron chi connectivity index (χ4n) is 3.12. The lowest BCUT2D eigenvalue weighted by Crippen LogP contribution is -2.37. The molecule has 0 spiro atoms. The molecule has 0 saturated heterocycles. The van der Waals surface area contributed by atoms with Crippen molar-refractivity contribution < 1.29 is 9.59 Å². The average molecular weight is 351 g/mol. The lowest BCUT2D eigenvalue weighted by atomic mass is 10.1. The Balaban J connectivity index is 1.80. The number of rotatable bonds is 6. The van der Waals surface area contributed by atoms with Crippen molar-refractivity contribution in [2.45, 2.75) is 64.5 Å². The highest BCUT2D eigenvalue weighted by molar-refractivity contribution is 6.30.